The van der Waals surface area contributed by atoms with Crippen molar-refractivity contribution in [3.05, 3.63) is 28.2 Å². The Hall–Kier alpha value is -0.580. The molecule has 1 aromatic carbocycles. The van der Waals surface area contributed by atoms with Crippen molar-refractivity contribution in [3.63, 3.8) is 0 Å². The van der Waals surface area contributed by atoms with Crippen LogP contribution in [0.2, 0.25) is 0 Å². The van der Waals surface area contributed by atoms with E-state index < -0.39 is 6.10 Å². The minimum Gasteiger partial charge on any atom is -0.496 e. The number of ether oxygens (including phenoxy) is 1. The third kappa shape index (κ3) is 3.97. The van der Waals surface area contributed by atoms with Crippen molar-refractivity contribution < 1.29 is 9.84 Å². The largest absolute Gasteiger partial charge is 0.496 e. The maximum Gasteiger partial charge on any atom is 0.133 e. The summed E-state index contributed by atoms with van der Waals surface area (Å²) in [6.45, 7) is 4.09. The molecular weight excluding hydrogens is 294 g/mol. The fraction of sp³-hybridized carbons (Fsp3) is 0.571. The lowest BCUT2D eigenvalue weighted by Gasteiger charge is -2.21. The molecule has 0 saturated carbocycles. The average molecular weight is 316 g/mol. The molecule has 0 aromatic heterocycles. The van der Waals surface area contributed by atoms with E-state index in [4.69, 9.17) is 10.5 Å². The van der Waals surface area contributed by atoms with Gasteiger partial charge in [-0.3, -0.25) is 0 Å². The number of aliphatic hydroxyl groups excluding tert-OH is 1. The second-order valence-electron chi connectivity index (χ2n) is 4.67. The first kappa shape index (κ1) is 15.5. The number of hydrogen-bond donors (Lipinski definition) is 2. The van der Waals surface area contributed by atoms with Crippen LogP contribution in [-0.4, -0.2) is 24.4 Å². The second kappa shape index (κ2) is 7.12. The smallest absolute Gasteiger partial charge is 0.133 e. The molecule has 3 unspecified atom stereocenters. The number of methoxy groups -OCH3 is 1. The van der Waals surface area contributed by atoms with E-state index in [-0.39, 0.29) is 12.0 Å². The van der Waals surface area contributed by atoms with Crippen LogP contribution in [-0.2, 0) is 0 Å². The van der Waals surface area contributed by atoms with Crippen LogP contribution in [0.4, 0.5) is 0 Å². The summed E-state index contributed by atoms with van der Waals surface area (Å²) in [5, 5.41) is 9.96. The lowest BCUT2D eigenvalue weighted by atomic mass is 9.92. The lowest BCUT2D eigenvalue weighted by Crippen LogP contribution is -2.34. The fourth-order valence-corrected chi connectivity index (χ4v) is 2.49. The van der Waals surface area contributed by atoms with Crippen molar-refractivity contribution in [2.75, 3.05) is 7.11 Å². The van der Waals surface area contributed by atoms with Gasteiger partial charge in [0, 0.05) is 6.04 Å². The monoisotopic (exact) mass is 315 g/mol. The highest BCUT2D eigenvalue weighted by molar-refractivity contribution is 9.10. The minimum absolute atomic E-state index is 0.144. The van der Waals surface area contributed by atoms with Crippen molar-refractivity contribution in [3.8, 4) is 5.75 Å². The topological polar surface area (TPSA) is 55.5 Å². The van der Waals surface area contributed by atoms with Crippen LogP contribution in [0.5, 0.6) is 5.75 Å². The first-order chi connectivity index (χ1) is 8.49. The van der Waals surface area contributed by atoms with Gasteiger partial charge >= 0.3 is 0 Å². The van der Waals surface area contributed by atoms with E-state index in [1.54, 1.807) is 7.11 Å². The Kier molecular flexibility index (Phi) is 6.12. The van der Waals surface area contributed by atoms with Gasteiger partial charge in [0.1, 0.15) is 5.75 Å². The maximum atomic E-state index is 9.96. The van der Waals surface area contributed by atoms with Gasteiger partial charge in [-0.15, -0.1) is 0 Å². The summed E-state index contributed by atoms with van der Waals surface area (Å²) in [5.74, 6) is 1.08. The highest BCUT2D eigenvalue weighted by Gasteiger charge is 2.18. The van der Waals surface area contributed by atoms with Gasteiger partial charge in [-0.05, 0) is 52.4 Å². The van der Waals surface area contributed by atoms with Gasteiger partial charge in [0.25, 0.3) is 0 Å². The van der Waals surface area contributed by atoms with Gasteiger partial charge in [-0.2, -0.15) is 0 Å². The molecule has 3 N–H and O–H groups in total. The van der Waals surface area contributed by atoms with Crippen LogP contribution in [0, 0.1) is 0 Å². The molecule has 0 amide bonds. The van der Waals surface area contributed by atoms with Gasteiger partial charge in [0.05, 0.1) is 17.7 Å². The van der Waals surface area contributed by atoms with E-state index in [1.165, 1.54) is 5.56 Å². The van der Waals surface area contributed by atoms with Crippen LogP contribution in [0.3, 0.4) is 0 Å². The zero-order valence-corrected chi connectivity index (χ0v) is 12.8. The molecule has 0 bridgehead atoms. The van der Waals surface area contributed by atoms with E-state index in [9.17, 15) is 5.11 Å². The van der Waals surface area contributed by atoms with Crippen LogP contribution < -0.4 is 10.5 Å². The molecule has 0 fully saturated rings. The Morgan fingerprint density at radius 1 is 1.44 bits per heavy atom. The van der Waals surface area contributed by atoms with Crippen LogP contribution >= 0.6 is 15.9 Å². The highest BCUT2D eigenvalue weighted by atomic mass is 79.9. The second-order valence-corrected chi connectivity index (χ2v) is 5.52. The number of halogens is 1. The van der Waals surface area contributed by atoms with Crippen LogP contribution in [0.1, 0.15) is 38.2 Å². The summed E-state index contributed by atoms with van der Waals surface area (Å²) in [6.07, 6.45) is 1.01. The Bertz CT molecular complexity index is 384. The predicted octanol–water partition coefficient (Wildman–Crippen LogP) is 3.05. The molecule has 18 heavy (non-hydrogen) atoms. The standard InChI is InChI=1S/C14H22BrNO2/c1-4-12(16)13(17)7-9(2)10-5-6-14(18-3)11(15)8-10/h5-6,8-9,12-13,17H,4,7,16H2,1-3H3. The molecule has 102 valence electrons. The van der Waals surface area contributed by atoms with Gasteiger partial charge in [0.15, 0.2) is 0 Å². The SMILES string of the molecule is CCC(N)C(O)CC(C)c1ccc(OC)c(Br)c1. The zero-order chi connectivity index (χ0) is 13.7. The number of hydrogen-bond acceptors (Lipinski definition) is 3. The lowest BCUT2D eigenvalue weighted by molar-refractivity contribution is 0.126. The normalized spacial score (nSPS) is 16.1. The maximum absolute atomic E-state index is 9.96. The van der Waals surface area contributed by atoms with Crippen molar-refractivity contribution in [1.29, 1.82) is 0 Å². The molecule has 0 aliphatic rings. The van der Waals surface area contributed by atoms with Gasteiger partial charge in [-0.25, -0.2) is 0 Å². The summed E-state index contributed by atoms with van der Waals surface area (Å²) in [5.41, 5.74) is 7.01. The third-order valence-corrected chi connectivity index (χ3v) is 3.93. The molecule has 0 heterocycles. The van der Waals surface area contributed by atoms with E-state index in [2.05, 4.69) is 22.9 Å². The number of benzene rings is 1. The molecule has 1 aromatic rings. The molecule has 0 aliphatic carbocycles. The molecule has 3 atom stereocenters. The zero-order valence-electron chi connectivity index (χ0n) is 11.2. The number of rotatable bonds is 6. The fourth-order valence-electron chi connectivity index (χ4n) is 1.93. The Labute approximate surface area is 117 Å². The molecule has 4 heteroatoms. The Morgan fingerprint density at radius 3 is 2.61 bits per heavy atom. The summed E-state index contributed by atoms with van der Waals surface area (Å²) in [4.78, 5) is 0. The summed E-state index contributed by atoms with van der Waals surface area (Å²) >= 11 is 3.47. The summed E-state index contributed by atoms with van der Waals surface area (Å²) in [6, 6.07) is 5.85. The first-order valence-electron chi connectivity index (χ1n) is 6.26. The molecule has 1 rings (SSSR count). The van der Waals surface area contributed by atoms with Crippen LogP contribution in [0.25, 0.3) is 0 Å². The van der Waals surface area contributed by atoms with Crippen molar-refractivity contribution in [1.82, 2.24) is 0 Å². The van der Waals surface area contributed by atoms with E-state index in [0.29, 0.717) is 6.42 Å². The minimum atomic E-state index is -0.453. The summed E-state index contributed by atoms with van der Waals surface area (Å²) < 4.78 is 6.13. The van der Waals surface area contributed by atoms with Crippen LogP contribution in [0.15, 0.2) is 22.7 Å². The Balaban J connectivity index is 2.72. The molecular formula is C14H22BrNO2. The van der Waals surface area contributed by atoms with Crippen molar-refractivity contribution >= 4 is 15.9 Å². The third-order valence-electron chi connectivity index (χ3n) is 3.31. The Morgan fingerprint density at radius 2 is 2.11 bits per heavy atom. The molecule has 0 aliphatic heterocycles. The van der Waals surface area contributed by atoms with Gasteiger partial charge in [-0.1, -0.05) is 19.9 Å². The van der Waals surface area contributed by atoms with Crippen molar-refractivity contribution in [2.24, 2.45) is 5.73 Å². The molecule has 3 nitrogen and oxygen atoms in total. The van der Waals surface area contributed by atoms with E-state index in [1.807, 2.05) is 25.1 Å². The van der Waals surface area contributed by atoms with E-state index in [0.717, 1.165) is 16.6 Å². The average Bonchev–Trinajstić information content (AvgIpc) is 2.37. The number of nitrogens with two attached hydrogens (primary N) is 1. The quantitative estimate of drug-likeness (QED) is 0.848. The van der Waals surface area contributed by atoms with Gasteiger partial charge in [0.2, 0.25) is 0 Å². The predicted molar refractivity (Wildman–Crippen MR) is 78.0 cm³/mol. The first-order valence-corrected chi connectivity index (χ1v) is 7.06. The summed E-state index contributed by atoms with van der Waals surface area (Å²) in [7, 11) is 1.65. The van der Waals surface area contributed by atoms with Gasteiger partial charge < -0.3 is 15.6 Å². The molecule has 0 radical (unpaired) electrons. The highest BCUT2D eigenvalue weighted by Crippen LogP contribution is 2.30. The molecule has 0 spiro atoms. The van der Waals surface area contributed by atoms with Crippen molar-refractivity contribution in [2.45, 2.75) is 44.8 Å². The van der Waals surface area contributed by atoms with E-state index >= 15 is 0 Å². The molecule has 0 saturated heterocycles. The number of aliphatic hydroxyl groups is 1.